The van der Waals surface area contributed by atoms with Crippen molar-refractivity contribution in [1.29, 1.82) is 0 Å². The van der Waals surface area contributed by atoms with Crippen LogP contribution in [0.25, 0.3) is 5.76 Å². The fourth-order valence-electron chi connectivity index (χ4n) is 3.53. The fraction of sp³-hybridized carbons (Fsp3) is 0.143. The molecule has 2 aliphatic heterocycles. The highest BCUT2D eigenvalue weighted by Crippen LogP contribution is 2.54. The first-order chi connectivity index (χ1) is 12.1. The van der Waals surface area contributed by atoms with Crippen LogP contribution in [0.2, 0.25) is 0 Å². The van der Waals surface area contributed by atoms with E-state index in [-0.39, 0.29) is 5.78 Å². The lowest BCUT2D eigenvalue weighted by molar-refractivity contribution is -0.151. The van der Waals surface area contributed by atoms with E-state index in [1.54, 1.807) is 6.92 Å². The molecule has 4 rings (SSSR count). The van der Waals surface area contributed by atoms with Gasteiger partial charge < -0.3 is 9.47 Å². The summed E-state index contributed by atoms with van der Waals surface area (Å²) in [6.45, 7) is 3.18. The molecule has 2 aromatic rings. The number of hydrogen-bond acceptors (Lipinski definition) is 4. The first-order valence-corrected chi connectivity index (χ1v) is 8.05. The predicted molar refractivity (Wildman–Crippen MR) is 92.0 cm³/mol. The molecule has 0 aliphatic carbocycles. The number of ketones is 1. The third-order valence-corrected chi connectivity index (χ3v) is 4.54. The topological polar surface area (TPSA) is 52.6 Å². The summed E-state index contributed by atoms with van der Waals surface area (Å²) >= 11 is 0. The van der Waals surface area contributed by atoms with E-state index in [1.165, 1.54) is 6.92 Å². The molecule has 25 heavy (non-hydrogen) atoms. The molecule has 0 bridgehead atoms. The summed E-state index contributed by atoms with van der Waals surface area (Å²) in [7, 11) is 0. The zero-order chi connectivity index (χ0) is 17.6. The second kappa shape index (κ2) is 5.45. The van der Waals surface area contributed by atoms with E-state index in [4.69, 9.17) is 9.47 Å². The van der Waals surface area contributed by atoms with Gasteiger partial charge in [-0.25, -0.2) is 4.79 Å². The summed E-state index contributed by atoms with van der Waals surface area (Å²) in [6, 6.07) is 18.5. The Labute approximate surface area is 145 Å². The highest BCUT2D eigenvalue weighted by molar-refractivity contribution is 6.10. The lowest BCUT2D eigenvalue weighted by Crippen LogP contribution is -2.34. The van der Waals surface area contributed by atoms with Crippen LogP contribution in [0.4, 0.5) is 0 Å². The number of carbonyl (C=O) groups excluding carboxylic acids is 2. The summed E-state index contributed by atoms with van der Waals surface area (Å²) in [5.41, 5.74) is 0.878. The summed E-state index contributed by atoms with van der Waals surface area (Å²) in [5, 5.41) is 0. The molecule has 1 atom stereocenters. The van der Waals surface area contributed by atoms with Gasteiger partial charge in [0.05, 0.1) is 11.1 Å². The van der Waals surface area contributed by atoms with Gasteiger partial charge in [0, 0.05) is 11.1 Å². The Hall–Kier alpha value is -3.14. The van der Waals surface area contributed by atoms with Crippen molar-refractivity contribution in [2.24, 2.45) is 0 Å². The van der Waals surface area contributed by atoms with E-state index < -0.39 is 11.6 Å². The number of benzene rings is 2. The van der Waals surface area contributed by atoms with Crippen LogP contribution in [-0.2, 0) is 24.7 Å². The molecule has 0 fully saturated rings. The second-order valence-corrected chi connectivity index (χ2v) is 6.10. The van der Waals surface area contributed by atoms with Gasteiger partial charge in [-0.05, 0) is 13.8 Å². The highest BCUT2D eigenvalue weighted by Gasteiger charge is 2.60. The smallest absolute Gasteiger partial charge is 0.365 e. The molecule has 0 spiro atoms. The molecule has 0 N–H and O–H groups in total. The third kappa shape index (κ3) is 2.07. The number of cyclic esters (lactones) is 1. The van der Waals surface area contributed by atoms with Crippen molar-refractivity contribution in [3.8, 4) is 0 Å². The van der Waals surface area contributed by atoms with Crippen LogP contribution in [0.1, 0.15) is 25.0 Å². The van der Waals surface area contributed by atoms with Gasteiger partial charge >= 0.3 is 5.97 Å². The molecule has 0 aromatic heterocycles. The third-order valence-electron chi connectivity index (χ3n) is 4.54. The predicted octanol–water partition coefficient (Wildman–Crippen LogP) is 3.74. The van der Waals surface area contributed by atoms with Crippen LogP contribution in [-0.4, -0.2) is 11.8 Å². The molecule has 0 saturated carbocycles. The first-order valence-electron chi connectivity index (χ1n) is 8.05. The van der Waals surface area contributed by atoms with Gasteiger partial charge in [-0.2, -0.15) is 0 Å². The van der Waals surface area contributed by atoms with E-state index in [9.17, 15) is 9.59 Å². The lowest BCUT2D eigenvalue weighted by atomic mass is 9.82. The van der Waals surface area contributed by atoms with Crippen LogP contribution in [0.5, 0.6) is 0 Å². The quantitative estimate of drug-likeness (QED) is 0.804. The molecular weight excluding hydrogens is 316 g/mol. The van der Waals surface area contributed by atoms with Crippen molar-refractivity contribution in [1.82, 2.24) is 0 Å². The summed E-state index contributed by atoms with van der Waals surface area (Å²) < 4.78 is 11.7. The van der Waals surface area contributed by atoms with Crippen LogP contribution < -0.4 is 0 Å². The molecule has 2 heterocycles. The van der Waals surface area contributed by atoms with Gasteiger partial charge in [0.25, 0.3) is 5.60 Å². The summed E-state index contributed by atoms with van der Waals surface area (Å²) in [4.78, 5) is 25.3. The van der Waals surface area contributed by atoms with Crippen molar-refractivity contribution in [3.05, 3.63) is 88.7 Å². The number of allylic oxidation sites excluding steroid dienone is 1. The van der Waals surface area contributed by atoms with E-state index in [0.717, 1.165) is 5.56 Å². The number of rotatable bonds is 3. The second-order valence-electron chi connectivity index (χ2n) is 6.10. The van der Waals surface area contributed by atoms with Gasteiger partial charge in [-0.1, -0.05) is 60.7 Å². The molecule has 0 radical (unpaired) electrons. The van der Waals surface area contributed by atoms with Gasteiger partial charge in [0.15, 0.2) is 5.78 Å². The monoisotopic (exact) mass is 332 g/mol. The highest BCUT2D eigenvalue weighted by atomic mass is 16.6. The molecular formula is C21H16O4. The molecule has 4 heteroatoms. The van der Waals surface area contributed by atoms with Crippen molar-refractivity contribution < 1.29 is 19.1 Å². The van der Waals surface area contributed by atoms with E-state index in [0.29, 0.717) is 28.2 Å². The lowest BCUT2D eigenvalue weighted by Gasteiger charge is -2.23. The van der Waals surface area contributed by atoms with Crippen LogP contribution >= 0.6 is 0 Å². The van der Waals surface area contributed by atoms with Crippen LogP contribution in [0.3, 0.4) is 0 Å². The number of ether oxygens (including phenoxy) is 2. The molecule has 2 aliphatic rings. The Bertz CT molecular complexity index is 938. The van der Waals surface area contributed by atoms with E-state index >= 15 is 0 Å². The minimum atomic E-state index is -1.42. The van der Waals surface area contributed by atoms with Gasteiger partial charge in [-0.15, -0.1) is 0 Å². The Morgan fingerprint density at radius 3 is 2.16 bits per heavy atom. The average molecular weight is 332 g/mol. The van der Waals surface area contributed by atoms with Crippen molar-refractivity contribution in [2.45, 2.75) is 19.4 Å². The summed E-state index contributed by atoms with van der Waals surface area (Å²) in [6.07, 6.45) is 0. The fourth-order valence-corrected chi connectivity index (χ4v) is 3.53. The maximum atomic E-state index is 12.9. The van der Waals surface area contributed by atoms with E-state index in [2.05, 4.69) is 0 Å². The number of esters is 1. The average Bonchev–Trinajstić information content (AvgIpc) is 3.09. The number of hydrogen-bond donors (Lipinski definition) is 0. The zero-order valence-corrected chi connectivity index (χ0v) is 13.9. The van der Waals surface area contributed by atoms with Crippen LogP contribution in [0, 0.1) is 0 Å². The SMILES string of the molecule is CC(=O)C1=C(C)OC2(c3ccccc3)C(=O)OC(c3ccccc3)=C12. The van der Waals surface area contributed by atoms with Crippen molar-refractivity contribution in [2.75, 3.05) is 0 Å². The number of fused-ring (bicyclic) bond motifs is 1. The Kier molecular flexibility index (Phi) is 3.35. The maximum absolute atomic E-state index is 12.9. The van der Waals surface area contributed by atoms with Crippen LogP contribution in [0.15, 0.2) is 77.6 Å². The minimum Gasteiger partial charge on any atom is -0.470 e. The normalized spacial score (nSPS) is 21.9. The molecule has 0 saturated heterocycles. The molecule has 1 unspecified atom stereocenters. The minimum absolute atomic E-state index is 0.156. The largest absolute Gasteiger partial charge is 0.470 e. The van der Waals surface area contributed by atoms with Crippen molar-refractivity contribution >= 4 is 17.5 Å². The van der Waals surface area contributed by atoms with Gasteiger partial charge in [0.2, 0.25) is 0 Å². The Balaban J connectivity index is 2.04. The standard InChI is InChI=1S/C21H16O4/c1-13(22)17-14(2)25-21(16-11-7-4-8-12-16)18(17)19(24-20(21)23)15-9-5-3-6-10-15/h3-12H,1-2H3. The molecule has 2 aromatic carbocycles. The molecule has 4 nitrogen and oxygen atoms in total. The zero-order valence-electron chi connectivity index (χ0n) is 13.9. The first kappa shape index (κ1) is 15.4. The molecule has 124 valence electrons. The summed E-state index contributed by atoms with van der Waals surface area (Å²) in [5.74, 6) is 0.146. The van der Waals surface area contributed by atoms with Crippen molar-refractivity contribution in [3.63, 3.8) is 0 Å². The Morgan fingerprint density at radius 2 is 1.56 bits per heavy atom. The number of carbonyl (C=O) groups is 2. The van der Waals surface area contributed by atoms with E-state index in [1.807, 2.05) is 60.7 Å². The Morgan fingerprint density at radius 1 is 0.960 bits per heavy atom. The van der Waals surface area contributed by atoms with Gasteiger partial charge in [0.1, 0.15) is 11.5 Å². The maximum Gasteiger partial charge on any atom is 0.365 e. The number of Topliss-reactive ketones (excluding diaryl/α,β-unsaturated/α-hetero) is 1. The van der Waals surface area contributed by atoms with Gasteiger partial charge in [-0.3, -0.25) is 4.79 Å². The molecule has 0 amide bonds.